The second-order valence-electron chi connectivity index (χ2n) is 6.86. The van der Waals surface area contributed by atoms with Crippen molar-refractivity contribution in [3.05, 3.63) is 11.1 Å². The number of nitrogens with zero attached hydrogens (tertiary/aromatic N) is 1. The van der Waals surface area contributed by atoms with Gasteiger partial charge in [0, 0.05) is 22.5 Å². The topological polar surface area (TPSA) is 74.2 Å². The Balaban J connectivity index is 2.02. The highest BCUT2D eigenvalue weighted by molar-refractivity contribution is 7.13. The van der Waals surface area contributed by atoms with Gasteiger partial charge in [-0.25, -0.2) is 4.98 Å². The van der Waals surface area contributed by atoms with Crippen LogP contribution in [-0.2, 0) is 11.2 Å². The van der Waals surface area contributed by atoms with Gasteiger partial charge in [0.25, 0.3) is 0 Å². The Labute approximate surface area is 123 Å². The number of rotatable bonds is 4. The highest BCUT2D eigenvalue weighted by Crippen LogP contribution is 2.31. The Morgan fingerprint density at radius 1 is 1.45 bits per heavy atom. The molecule has 0 atom stereocenters. The van der Waals surface area contributed by atoms with Crippen LogP contribution in [-0.4, -0.2) is 33.2 Å². The van der Waals surface area contributed by atoms with Gasteiger partial charge in [-0.15, -0.1) is 11.3 Å². The van der Waals surface area contributed by atoms with Crippen molar-refractivity contribution in [1.82, 2.24) is 10.3 Å². The number of hydrogen-bond acceptors (Lipinski definition) is 5. The lowest BCUT2D eigenvalue weighted by Crippen LogP contribution is -2.60. The fraction of sp³-hybridized carbons (Fsp3) is 0.714. The molecule has 3 N–H and O–H groups in total. The van der Waals surface area contributed by atoms with Crippen molar-refractivity contribution in [2.45, 2.75) is 64.1 Å². The summed E-state index contributed by atoms with van der Waals surface area (Å²) in [5.74, 6) is -0.842. The largest absolute Gasteiger partial charge is 0.481 e. The van der Waals surface area contributed by atoms with Gasteiger partial charge in [0.2, 0.25) is 0 Å². The Morgan fingerprint density at radius 2 is 2.05 bits per heavy atom. The molecule has 0 spiro atoms. The second-order valence-corrected chi connectivity index (χ2v) is 7.71. The van der Waals surface area contributed by atoms with Crippen LogP contribution in [0.1, 0.15) is 46.2 Å². The predicted molar refractivity (Wildman–Crippen MR) is 81.4 cm³/mol. The van der Waals surface area contributed by atoms with Crippen LogP contribution in [0, 0.1) is 0 Å². The Bertz CT molecular complexity index is 480. The molecule has 20 heavy (non-hydrogen) atoms. The number of aromatic nitrogens is 1. The molecule has 1 aromatic rings. The highest BCUT2D eigenvalue weighted by atomic mass is 32.1. The molecule has 1 aliphatic rings. The molecular formula is C14H23N3O2S. The van der Waals surface area contributed by atoms with Gasteiger partial charge in [0.1, 0.15) is 0 Å². The SMILES string of the molecule is CC1(C)CC(Nc2nc(CC(=O)O)cs2)CC(C)(C)N1. The molecule has 1 fully saturated rings. The maximum atomic E-state index is 10.7. The lowest BCUT2D eigenvalue weighted by molar-refractivity contribution is -0.136. The van der Waals surface area contributed by atoms with E-state index in [9.17, 15) is 4.79 Å². The maximum absolute atomic E-state index is 10.7. The van der Waals surface area contributed by atoms with E-state index in [1.807, 2.05) is 5.38 Å². The molecule has 0 aliphatic carbocycles. The molecule has 1 saturated heterocycles. The summed E-state index contributed by atoms with van der Waals surface area (Å²) in [4.78, 5) is 15.0. The van der Waals surface area contributed by atoms with Crippen LogP contribution in [0.5, 0.6) is 0 Å². The van der Waals surface area contributed by atoms with Gasteiger partial charge in [-0.1, -0.05) is 0 Å². The molecule has 6 heteroatoms. The Kier molecular flexibility index (Phi) is 4.07. The monoisotopic (exact) mass is 297 g/mol. The van der Waals surface area contributed by atoms with Crippen LogP contribution in [0.25, 0.3) is 0 Å². The van der Waals surface area contributed by atoms with Gasteiger partial charge in [0.15, 0.2) is 5.13 Å². The van der Waals surface area contributed by atoms with Crippen LogP contribution in [0.4, 0.5) is 5.13 Å². The van der Waals surface area contributed by atoms with E-state index >= 15 is 0 Å². The average Bonchev–Trinajstić information content (AvgIpc) is 2.58. The third-order valence-corrected chi connectivity index (χ3v) is 4.22. The maximum Gasteiger partial charge on any atom is 0.309 e. The smallest absolute Gasteiger partial charge is 0.309 e. The van der Waals surface area contributed by atoms with Crippen molar-refractivity contribution >= 4 is 22.4 Å². The van der Waals surface area contributed by atoms with Crippen molar-refractivity contribution < 1.29 is 9.90 Å². The first-order valence-corrected chi connectivity index (χ1v) is 7.75. The molecule has 1 aromatic heterocycles. The molecule has 2 heterocycles. The number of aliphatic carboxylic acids is 1. The van der Waals surface area contributed by atoms with E-state index in [2.05, 4.69) is 43.3 Å². The first kappa shape index (κ1) is 15.3. The minimum Gasteiger partial charge on any atom is -0.481 e. The fourth-order valence-electron chi connectivity index (χ4n) is 3.21. The molecule has 0 saturated carbocycles. The van der Waals surface area contributed by atoms with Crippen molar-refractivity contribution in [3.63, 3.8) is 0 Å². The lowest BCUT2D eigenvalue weighted by Gasteiger charge is -2.46. The van der Waals surface area contributed by atoms with Crippen LogP contribution >= 0.6 is 11.3 Å². The van der Waals surface area contributed by atoms with E-state index in [4.69, 9.17) is 5.11 Å². The molecule has 0 unspecified atom stereocenters. The zero-order valence-electron chi connectivity index (χ0n) is 12.5. The first-order chi connectivity index (χ1) is 9.15. The summed E-state index contributed by atoms with van der Waals surface area (Å²) >= 11 is 1.48. The van der Waals surface area contributed by atoms with Crippen molar-refractivity contribution in [2.75, 3.05) is 5.32 Å². The third-order valence-electron chi connectivity index (χ3n) is 3.40. The Morgan fingerprint density at radius 3 is 2.60 bits per heavy atom. The third kappa shape index (κ3) is 4.18. The molecule has 0 aromatic carbocycles. The minimum absolute atomic E-state index is 0.0125. The van der Waals surface area contributed by atoms with E-state index in [1.54, 1.807) is 0 Å². The number of anilines is 1. The molecule has 2 rings (SSSR count). The molecule has 1 aliphatic heterocycles. The Hall–Kier alpha value is -1.14. The zero-order chi connectivity index (χ0) is 15.0. The van der Waals surface area contributed by atoms with E-state index in [-0.39, 0.29) is 17.5 Å². The molecule has 112 valence electrons. The van der Waals surface area contributed by atoms with Crippen LogP contribution in [0.2, 0.25) is 0 Å². The van der Waals surface area contributed by atoms with Gasteiger partial charge in [-0.3, -0.25) is 4.79 Å². The molecule has 0 radical (unpaired) electrons. The summed E-state index contributed by atoms with van der Waals surface area (Å²) in [5, 5.41) is 18.5. The summed E-state index contributed by atoms with van der Waals surface area (Å²) in [6.07, 6.45) is 2.02. The lowest BCUT2D eigenvalue weighted by atomic mass is 9.80. The summed E-state index contributed by atoms with van der Waals surface area (Å²) < 4.78 is 0. The minimum atomic E-state index is -0.842. The molecular weight excluding hydrogens is 274 g/mol. The van der Waals surface area contributed by atoms with Crippen molar-refractivity contribution in [3.8, 4) is 0 Å². The number of carboxylic acid groups (broad SMARTS) is 1. The van der Waals surface area contributed by atoms with E-state index in [1.165, 1.54) is 11.3 Å². The van der Waals surface area contributed by atoms with E-state index in [0.29, 0.717) is 11.7 Å². The normalized spacial score (nSPS) is 21.6. The van der Waals surface area contributed by atoms with Gasteiger partial charge in [-0.2, -0.15) is 0 Å². The van der Waals surface area contributed by atoms with Crippen molar-refractivity contribution in [1.29, 1.82) is 0 Å². The summed E-state index contributed by atoms with van der Waals surface area (Å²) in [5.41, 5.74) is 0.790. The number of carbonyl (C=O) groups is 1. The second kappa shape index (κ2) is 5.33. The fourth-order valence-corrected chi connectivity index (χ4v) is 4.00. The van der Waals surface area contributed by atoms with E-state index < -0.39 is 5.97 Å². The standard InChI is InChI=1S/C14H23N3O2S/c1-13(2)6-10(7-14(3,4)17-13)16-12-15-9(8-20-12)5-11(18)19/h8,10,17H,5-7H2,1-4H3,(H,15,16)(H,18,19). The first-order valence-electron chi connectivity index (χ1n) is 6.87. The van der Waals surface area contributed by atoms with Crippen molar-refractivity contribution in [2.24, 2.45) is 0 Å². The number of hydrogen-bond donors (Lipinski definition) is 3. The van der Waals surface area contributed by atoms with Gasteiger partial charge >= 0.3 is 5.97 Å². The average molecular weight is 297 g/mol. The van der Waals surface area contributed by atoms with Gasteiger partial charge in [-0.05, 0) is 40.5 Å². The highest BCUT2D eigenvalue weighted by Gasteiger charge is 2.37. The van der Waals surface area contributed by atoms with Crippen LogP contribution in [0.3, 0.4) is 0 Å². The number of thiazole rings is 1. The number of nitrogens with one attached hydrogen (secondary N) is 2. The number of piperidine rings is 1. The number of carboxylic acids is 1. The summed E-state index contributed by atoms with van der Waals surface area (Å²) in [6, 6.07) is 0.352. The van der Waals surface area contributed by atoms with Crippen LogP contribution in [0.15, 0.2) is 5.38 Å². The van der Waals surface area contributed by atoms with Gasteiger partial charge < -0.3 is 15.7 Å². The van der Waals surface area contributed by atoms with Gasteiger partial charge in [0.05, 0.1) is 12.1 Å². The summed E-state index contributed by atoms with van der Waals surface area (Å²) in [6.45, 7) is 8.83. The predicted octanol–water partition coefficient (Wildman–Crippen LogP) is 2.49. The van der Waals surface area contributed by atoms with Crippen LogP contribution < -0.4 is 10.6 Å². The quantitative estimate of drug-likeness (QED) is 0.796. The molecule has 0 bridgehead atoms. The summed E-state index contributed by atoms with van der Waals surface area (Å²) in [7, 11) is 0. The molecule has 5 nitrogen and oxygen atoms in total. The molecule has 0 amide bonds. The van der Waals surface area contributed by atoms with E-state index in [0.717, 1.165) is 18.0 Å². The zero-order valence-corrected chi connectivity index (χ0v) is 13.3.